The molecule has 157 valence electrons. The molecule has 1 aliphatic rings. The van der Waals surface area contributed by atoms with E-state index in [1.54, 1.807) is 24.3 Å². The molecule has 0 fully saturated rings. The Balaban J connectivity index is 1.82. The highest BCUT2D eigenvalue weighted by Crippen LogP contribution is 2.28. The molecule has 0 aliphatic carbocycles. The van der Waals surface area contributed by atoms with E-state index in [2.05, 4.69) is 26.2 Å². The number of hydrazine groups is 1. The summed E-state index contributed by atoms with van der Waals surface area (Å²) >= 11 is 0. The zero-order valence-corrected chi connectivity index (χ0v) is 18.1. The van der Waals surface area contributed by atoms with Gasteiger partial charge in [-0.1, -0.05) is 46.3 Å². The zero-order valence-electron chi connectivity index (χ0n) is 18.1. The minimum atomic E-state index is -0.545. The van der Waals surface area contributed by atoms with Crippen LogP contribution in [0, 0.1) is 6.92 Å². The number of urea groups is 1. The van der Waals surface area contributed by atoms with E-state index in [9.17, 15) is 10.0 Å². The Kier molecular flexibility index (Phi) is 5.22. The van der Waals surface area contributed by atoms with Gasteiger partial charge >= 0.3 is 6.03 Å². The molecule has 3 aromatic carbocycles. The molecule has 3 aromatic rings. The summed E-state index contributed by atoms with van der Waals surface area (Å²) < 4.78 is 0.651. The summed E-state index contributed by atoms with van der Waals surface area (Å²) in [7, 11) is 6.21. The first-order valence-electron chi connectivity index (χ1n) is 10.00. The van der Waals surface area contributed by atoms with Crippen LogP contribution >= 0.6 is 0 Å². The number of hydrazone groups is 1. The lowest BCUT2D eigenvalue weighted by Gasteiger charge is -2.37. The van der Waals surface area contributed by atoms with Gasteiger partial charge in [0, 0.05) is 5.56 Å². The number of anilines is 2. The highest BCUT2D eigenvalue weighted by molar-refractivity contribution is 6.12. The molecule has 1 radical (unpaired) electrons. The second kappa shape index (κ2) is 7.86. The number of amidine groups is 1. The predicted molar refractivity (Wildman–Crippen MR) is 123 cm³/mol. The van der Waals surface area contributed by atoms with Crippen molar-refractivity contribution in [3.63, 3.8) is 0 Å². The van der Waals surface area contributed by atoms with Crippen molar-refractivity contribution in [3.05, 3.63) is 90.0 Å². The third-order valence-electron chi connectivity index (χ3n) is 5.10. The fourth-order valence-electron chi connectivity index (χ4n) is 3.30. The summed E-state index contributed by atoms with van der Waals surface area (Å²) in [6.45, 7) is 1.97. The number of amides is 2. The van der Waals surface area contributed by atoms with Crippen molar-refractivity contribution in [1.82, 2.24) is 9.66 Å². The average Bonchev–Trinajstić information content (AvgIpc) is 2.75. The monoisotopic (exact) mass is 415 g/mol. The SMILES string of the molecule is Cc1ccc(N2N=C(c3ccc([N+](C)(C)C)cc3)N([O])N(c3ccccc3)C2=O)cc1. The van der Waals surface area contributed by atoms with Gasteiger partial charge < -0.3 is 0 Å². The van der Waals surface area contributed by atoms with Gasteiger partial charge in [-0.25, -0.2) is 4.79 Å². The van der Waals surface area contributed by atoms with E-state index >= 15 is 0 Å². The van der Waals surface area contributed by atoms with Crippen molar-refractivity contribution < 1.29 is 10.0 Å². The molecule has 0 unspecified atom stereocenters. The zero-order chi connectivity index (χ0) is 22.2. The van der Waals surface area contributed by atoms with E-state index in [0.29, 0.717) is 26.6 Å². The van der Waals surface area contributed by atoms with Crippen LogP contribution < -0.4 is 14.5 Å². The van der Waals surface area contributed by atoms with E-state index in [4.69, 9.17) is 0 Å². The van der Waals surface area contributed by atoms with E-state index in [1.807, 2.05) is 61.5 Å². The van der Waals surface area contributed by atoms with Crippen LogP contribution in [0.1, 0.15) is 11.1 Å². The third kappa shape index (κ3) is 4.01. The van der Waals surface area contributed by atoms with Crippen LogP contribution in [0.3, 0.4) is 0 Å². The second-order valence-electron chi connectivity index (χ2n) is 8.33. The number of hydrogen-bond acceptors (Lipinski definition) is 3. The Morgan fingerprint density at radius 2 is 1.39 bits per heavy atom. The van der Waals surface area contributed by atoms with Crippen molar-refractivity contribution in [1.29, 1.82) is 0 Å². The van der Waals surface area contributed by atoms with Gasteiger partial charge in [0.2, 0.25) is 5.84 Å². The highest BCUT2D eigenvalue weighted by atomic mass is 16.6. The Morgan fingerprint density at radius 1 is 0.774 bits per heavy atom. The summed E-state index contributed by atoms with van der Waals surface area (Å²) in [6.07, 6.45) is 0. The largest absolute Gasteiger partial charge is 0.370 e. The minimum Gasteiger partial charge on any atom is -0.298 e. The molecule has 0 bridgehead atoms. The number of hydrogen-bond donors (Lipinski definition) is 0. The number of carbonyl (C=O) groups excluding carboxylic acids is 1. The fourth-order valence-corrected chi connectivity index (χ4v) is 3.30. The molecule has 0 aromatic heterocycles. The first-order valence-corrected chi connectivity index (χ1v) is 10.00. The van der Waals surface area contributed by atoms with Crippen molar-refractivity contribution in [2.45, 2.75) is 6.92 Å². The maximum Gasteiger partial charge on any atom is 0.370 e. The van der Waals surface area contributed by atoms with Crippen LogP contribution in [-0.2, 0) is 5.21 Å². The maximum absolute atomic E-state index is 13.3. The van der Waals surface area contributed by atoms with Crippen LogP contribution in [0.4, 0.5) is 21.9 Å². The number of quaternary nitrogens is 1. The van der Waals surface area contributed by atoms with Gasteiger partial charge in [0.25, 0.3) is 0 Å². The number of nitrogens with zero attached hydrogens (tertiary/aromatic N) is 5. The molecule has 0 N–H and O–H groups in total. The summed E-state index contributed by atoms with van der Waals surface area (Å²) in [5.74, 6) is 0.136. The van der Waals surface area contributed by atoms with Crippen molar-refractivity contribution in [3.8, 4) is 0 Å². The lowest BCUT2D eigenvalue weighted by molar-refractivity contribution is -0.0921. The molecule has 1 aliphatic heterocycles. The lowest BCUT2D eigenvalue weighted by atomic mass is 10.1. The van der Waals surface area contributed by atoms with Gasteiger partial charge in [-0.3, -0.25) is 4.48 Å². The smallest absolute Gasteiger partial charge is 0.298 e. The normalized spacial score (nSPS) is 14.7. The van der Waals surface area contributed by atoms with Gasteiger partial charge in [-0.15, -0.1) is 5.10 Å². The van der Waals surface area contributed by atoms with E-state index in [0.717, 1.165) is 16.3 Å². The maximum atomic E-state index is 13.3. The molecule has 1 heterocycles. The van der Waals surface area contributed by atoms with Crippen LogP contribution in [0.15, 0.2) is 84.0 Å². The Bertz CT molecular complexity index is 1100. The molecule has 0 spiro atoms. The van der Waals surface area contributed by atoms with Gasteiger partial charge in [0.05, 0.1) is 32.5 Å². The number of para-hydroxylation sites is 1. The topological polar surface area (TPSA) is 59.0 Å². The van der Waals surface area contributed by atoms with Crippen LogP contribution in [0.25, 0.3) is 0 Å². The molecular formula is C24H25N5O2+. The van der Waals surface area contributed by atoms with Crippen LogP contribution in [0.5, 0.6) is 0 Å². The van der Waals surface area contributed by atoms with Crippen LogP contribution in [-0.4, -0.2) is 38.2 Å². The third-order valence-corrected chi connectivity index (χ3v) is 5.10. The Hall–Kier alpha value is -3.68. The van der Waals surface area contributed by atoms with Crippen LogP contribution in [0.2, 0.25) is 0 Å². The summed E-state index contributed by atoms with van der Waals surface area (Å²) in [4.78, 5) is 13.3. The fraction of sp³-hybridized carbons (Fsp3) is 0.167. The molecule has 0 saturated heterocycles. The van der Waals surface area contributed by atoms with E-state index in [1.165, 1.54) is 5.01 Å². The van der Waals surface area contributed by atoms with Gasteiger partial charge in [-0.2, -0.15) is 10.0 Å². The first kappa shape index (κ1) is 20.6. The molecule has 4 rings (SSSR count). The molecule has 31 heavy (non-hydrogen) atoms. The summed E-state index contributed by atoms with van der Waals surface area (Å²) in [5, 5.41) is 20.7. The summed E-state index contributed by atoms with van der Waals surface area (Å²) in [5.41, 5.74) is 3.83. The van der Waals surface area contributed by atoms with E-state index in [-0.39, 0.29) is 5.84 Å². The number of hydroxylamine groups is 1. The number of carbonyl (C=O) groups is 1. The Morgan fingerprint density at radius 3 is 1.97 bits per heavy atom. The molecular weight excluding hydrogens is 390 g/mol. The van der Waals surface area contributed by atoms with Crippen molar-refractivity contribution in [2.24, 2.45) is 5.10 Å². The molecule has 7 heteroatoms. The quantitative estimate of drug-likeness (QED) is 0.587. The number of benzene rings is 3. The predicted octanol–water partition coefficient (Wildman–Crippen LogP) is 4.56. The van der Waals surface area contributed by atoms with Gasteiger partial charge in [0.1, 0.15) is 5.69 Å². The molecule has 7 nitrogen and oxygen atoms in total. The average molecular weight is 415 g/mol. The van der Waals surface area contributed by atoms with E-state index < -0.39 is 6.03 Å². The molecule has 0 atom stereocenters. The van der Waals surface area contributed by atoms with Crippen molar-refractivity contribution in [2.75, 3.05) is 31.2 Å². The molecule has 2 amide bonds. The van der Waals surface area contributed by atoms with Crippen molar-refractivity contribution >= 4 is 28.9 Å². The van der Waals surface area contributed by atoms with Gasteiger partial charge in [0.15, 0.2) is 0 Å². The first-order chi connectivity index (χ1) is 14.8. The number of aryl methyl sites for hydroxylation is 1. The molecule has 0 saturated carbocycles. The minimum absolute atomic E-state index is 0.136. The second-order valence-corrected chi connectivity index (χ2v) is 8.33. The highest BCUT2D eigenvalue weighted by Gasteiger charge is 2.37. The number of rotatable bonds is 4. The summed E-state index contributed by atoms with van der Waals surface area (Å²) in [6, 6.07) is 23.4. The Labute approximate surface area is 182 Å². The lowest BCUT2D eigenvalue weighted by Crippen LogP contribution is -2.57. The standard InChI is InChI=1S/C24H25N5O2/c1-18-10-14-20(15-11-18)26-24(30)27(21-8-6-5-7-9-21)28(31)23(25-26)19-12-16-22(17-13-19)29(2,3)4/h5-17H,1-4H3/q+1. The van der Waals surface area contributed by atoms with Gasteiger partial charge in [-0.05, 0) is 55.5 Å².